The average Bonchev–Trinajstić information content (AvgIpc) is 2.65. The molecule has 0 saturated heterocycles. The molecule has 26 heavy (non-hydrogen) atoms. The summed E-state index contributed by atoms with van der Waals surface area (Å²) in [6.07, 6.45) is 1.61. The summed E-state index contributed by atoms with van der Waals surface area (Å²) in [5, 5.41) is 5.91. The summed E-state index contributed by atoms with van der Waals surface area (Å²) in [5.41, 5.74) is 1.96. The van der Waals surface area contributed by atoms with Crippen LogP contribution in [0.25, 0.3) is 0 Å². The normalized spacial score (nSPS) is 10.2. The summed E-state index contributed by atoms with van der Waals surface area (Å²) in [7, 11) is 0. The van der Waals surface area contributed by atoms with E-state index in [2.05, 4.69) is 15.6 Å². The van der Waals surface area contributed by atoms with Crippen molar-refractivity contribution >= 4 is 23.1 Å². The van der Waals surface area contributed by atoms with Crippen LogP contribution in [0.2, 0.25) is 0 Å². The highest BCUT2D eigenvalue weighted by Gasteiger charge is 2.08. The van der Waals surface area contributed by atoms with E-state index in [1.807, 2.05) is 31.2 Å². The molecule has 0 bridgehead atoms. The topological polar surface area (TPSA) is 63.2 Å². The standard InChI is InChI=1S/C20H18FN3O2/c1-2-26-18-6-4-3-5-17(18)23-16-11-12-19(22-13-16)24-20(25)14-7-9-15(21)10-8-14/h3-13,23H,2H2,1H3,(H,22,24,25). The molecule has 0 aliphatic heterocycles. The van der Waals surface area contributed by atoms with Gasteiger partial charge in [0.2, 0.25) is 0 Å². The zero-order valence-corrected chi connectivity index (χ0v) is 14.2. The van der Waals surface area contributed by atoms with Crippen LogP contribution in [0.5, 0.6) is 5.75 Å². The van der Waals surface area contributed by atoms with Gasteiger partial charge in [0.1, 0.15) is 17.4 Å². The van der Waals surface area contributed by atoms with Gasteiger partial charge in [-0.25, -0.2) is 9.37 Å². The number of pyridine rings is 1. The molecule has 3 rings (SSSR count). The summed E-state index contributed by atoms with van der Waals surface area (Å²) in [6.45, 7) is 2.50. The van der Waals surface area contributed by atoms with Crippen molar-refractivity contribution in [3.8, 4) is 5.75 Å². The Kier molecular flexibility index (Phi) is 5.43. The highest BCUT2D eigenvalue weighted by Crippen LogP contribution is 2.27. The van der Waals surface area contributed by atoms with Gasteiger partial charge in [-0.15, -0.1) is 0 Å². The molecule has 1 amide bonds. The number of rotatable bonds is 6. The van der Waals surface area contributed by atoms with E-state index in [0.29, 0.717) is 18.0 Å². The van der Waals surface area contributed by atoms with Crippen molar-refractivity contribution in [1.29, 1.82) is 0 Å². The molecule has 0 unspecified atom stereocenters. The second-order valence-electron chi connectivity index (χ2n) is 5.45. The van der Waals surface area contributed by atoms with Crippen LogP contribution in [0.15, 0.2) is 66.9 Å². The number of nitrogens with one attached hydrogen (secondary N) is 2. The quantitative estimate of drug-likeness (QED) is 0.680. The lowest BCUT2D eigenvalue weighted by atomic mass is 10.2. The van der Waals surface area contributed by atoms with E-state index in [-0.39, 0.29) is 11.7 Å². The van der Waals surface area contributed by atoms with Crippen LogP contribution >= 0.6 is 0 Å². The molecule has 132 valence electrons. The predicted octanol–water partition coefficient (Wildman–Crippen LogP) is 4.62. The molecular weight excluding hydrogens is 333 g/mol. The fourth-order valence-corrected chi connectivity index (χ4v) is 2.34. The minimum Gasteiger partial charge on any atom is -0.492 e. The van der Waals surface area contributed by atoms with Crippen LogP contribution in [-0.4, -0.2) is 17.5 Å². The van der Waals surface area contributed by atoms with Crippen molar-refractivity contribution in [1.82, 2.24) is 4.98 Å². The number of hydrogen-bond donors (Lipinski definition) is 2. The fourth-order valence-electron chi connectivity index (χ4n) is 2.34. The Morgan fingerprint density at radius 3 is 2.54 bits per heavy atom. The van der Waals surface area contributed by atoms with Crippen LogP contribution in [-0.2, 0) is 0 Å². The summed E-state index contributed by atoms with van der Waals surface area (Å²) >= 11 is 0. The third-order valence-electron chi connectivity index (χ3n) is 3.58. The summed E-state index contributed by atoms with van der Waals surface area (Å²) in [6, 6.07) is 16.4. The van der Waals surface area contributed by atoms with Crippen molar-refractivity contribution < 1.29 is 13.9 Å². The Bertz CT molecular complexity index is 880. The van der Waals surface area contributed by atoms with Gasteiger partial charge in [0.15, 0.2) is 0 Å². The number of benzene rings is 2. The van der Waals surface area contributed by atoms with E-state index in [1.165, 1.54) is 24.3 Å². The number of nitrogens with zero attached hydrogens (tertiary/aromatic N) is 1. The summed E-state index contributed by atoms with van der Waals surface area (Å²) in [4.78, 5) is 16.3. The smallest absolute Gasteiger partial charge is 0.256 e. The first-order valence-corrected chi connectivity index (χ1v) is 8.17. The van der Waals surface area contributed by atoms with Gasteiger partial charge in [0.05, 0.1) is 24.2 Å². The number of aromatic nitrogens is 1. The van der Waals surface area contributed by atoms with E-state index in [0.717, 1.165) is 17.1 Å². The van der Waals surface area contributed by atoms with Gasteiger partial charge >= 0.3 is 0 Å². The Balaban J connectivity index is 1.67. The third kappa shape index (κ3) is 4.36. The Hall–Kier alpha value is -3.41. The van der Waals surface area contributed by atoms with Crippen molar-refractivity contribution in [3.63, 3.8) is 0 Å². The van der Waals surface area contributed by atoms with Gasteiger partial charge < -0.3 is 15.4 Å². The molecule has 0 saturated carbocycles. The van der Waals surface area contributed by atoms with E-state index in [4.69, 9.17) is 4.74 Å². The SMILES string of the molecule is CCOc1ccccc1Nc1ccc(NC(=O)c2ccc(F)cc2)nc1. The molecule has 0 fully saturated rings. The number of ether oxygens (including phenoxy) is 1. The molecule has 1 heterocycles. The molecule has 6 heteroatoms. The fraction of sp³-hybridized carbons (Fsp3) is 0.100. The molecule has 2 N–H and O–H groups in total. The summed E-state index contributed by atoms with van der Waals surface area (Å²) in [5.74, 6) is 0.425. The number of amides is 1. The number of anilines is 3. The molecule has 1 aromatic heterocycles. The van der Waals surface area contributed by atoms with Gasteiger partial charge in [0, 0.05) is 5.56 Å². The monoisotopic (exact) mass is 351 g/mol. The minimum absolute atomic E-state index is 0.347. The van der Waals surface area contributed by atoms with Crippen LogP contribution in [0.1, 0.15) is 17.3 Å². The molecule has 5 nitrogen and oxygen atoms in total. The first-order valence-electron chi connectivity index (χ1n) is 8.17. The van der Waals surface area contributed by atoms with Crippen LogP contribution in [0, 0.1) is 5.82 Å². The molecular formula is C20H18FN3O2. The number of para-hydroxylation sites is 2. The Morgan fingerprint density at radius 1 is 1.08 bits per heavy atom. The van der Waals surface area contributed by atoms with E-state index in [1.54, 1.807) is 18.3 Å². The minimum atomic E-state index is -0.387. The Labute approximate surface area is 150 Å². The van der Waals surface area contributed by atoms with E-state index < -0.39 is 0 Å². The second-order valence-corrected chi connectivity index (χ2v) is 5.45. The van der Waals surface area contributed by atoms with Gasteiger partial charge in [-0.2, -0.15) is 0 Å². The second kappa shape index (κ2) is 8.11. The van der Waals surface area contributed by atoms with Gasteiger partial charge in [-0.1, -0.05) is 12.1 Å². The van der Waals surface area contributed by atoms with Crippen LogP contribution < -0.4 is 15.4 Å². The first kappa shape index (κ1) is 17.4. The molecule has 0 aliphatic rings. The molecule has 0 spiro atoms. The van der Waals surface area contributed by atoms with E-state index in [9.17, 15) is 9.18 Å². The summed E-state index contributed by atoms with van der Waals surface area (Å²) < 4.78 is 18.5. The maximum atomic E-state index is 12.9. The Morgan fingerprint density at radius 2 is 1.85 bits per heavy atom. The molecule has 0 aliphatic carbocycles. The lowest BCUT2D eigenvalue weighted by Gasteiger charge is -2.12. The largest absolute Gasteiger partial charge is 0.492 e. The maximum absolute atomic E-state index is 12.9. The molecule has 2 aromatic carbocycles. The number of carbonyl (C=O) groups is 1. The third-order valence-corrected chi connectivity index (χ3v) is 3.58. The maximum Gasteiger partial charge on any atom is 0.256 e. The van der Waals surface area contributed by atoms with Crippen molar-refractivity contribution in [3.05, 3.63) is 78.2 Å². The number of carbonyl (C=O) groups excluding carboxylic acids is 1. The van der Waals surface area contributed by atoms with Crippen molar-refractivity contribution in [2.75, 3.05) is 17.2 Å². The van der Waals surface area contributed by atoms with Gasteiger partial charge in [-0.3, -0.25) is 4.79 Å². The molecule has 0 radical (unpaired) electrons. The number of hydrogen-bond acceptors (Lipinski definition) is 4. The van der Waals surface area contributed by atoms with Gasteiger partial charge in [0.25, 0.3) is 5.91 Å². The number of halogens is 1. The van der Waals surface area contributed by atoms with E-state index >= 15 is 0 Å². The molecule has 0 atom stereocenters. The highest BCUT2D eigenvalue weighted by atomic mass is 19.1. The average molecular weight is 351 g/mol. The first-order chi connectivity index (χ1) is 12.7. The van der Waals surface area contributed by atoms with Crippen molar-refractivity contribution in [2.45, 2.75) is 6.92 Å². The lowest BCUT2D eigenvalue weighted by Crippen LogP contribution is -2.12. The predicted molar refractivity (Wildman–Crippen MR) is 99.5 cm³/mol. The van der Waals surface area contributed by atoms with Crippen LogP contribution in [0.3, 0.4) is 0 Å². The lowest BCUT2D eigenvalue weighted by molar-refractivity contribution is 0.102. The zero-order valence-electron chi connectivity index (χ0n) is 14.2. The van der Waals surface area contributed by atoms with Crippen molar-refractivity contribution in [2.24, 2.45) is 0 Å². The van der Waals surface area contributed by atoms with Crippen LogP contribution in [0.4, 0.5) is 21.6 Å². The highest BCUT2D eigenvalue weighted by molar-refractivity contribution is 6.03. The van der Waals surface area contributed by atoms with Gasteiger partial charge in [-0.05, 0) is 55.5 Å². The molecule has 3 aromatic rings. The zero-order chi connectivity index (χ0) is 18.4.